The van der Waals surface area contributed by atoms with E-state index < -0.39 is 10.0 Å². The molecule has 0 spiro atoms. The first kappa shape index (κ1) is 20.1. The smallest absolute Gasteiger partial charge is 0.261 e. The van der Waals surface area contributed by atoms with Crippen molar-refractivity contribution in [2.75, 3.05) is 4.72 Å². The Morgan fingerprint density at radius 2 is 1.61 bits per heavy atom. The molecule has 0 heterocycles. The number of allylic oxidation sites excluding steroid dienone is 1. The maximum absolute atomic E-state index is 12.6. The van der Waals surface area contributed by atoms with Gasteiger partial charge in [0.05, 0.1) is 14.9 Å². The van der Waals surface area contributed by atoms with E-state index in [2.05, 4.69) is 4.72 Å². The minimum atomic E-state index is -3.81. The van der Waals surface area contributed by atoms with Crippen molar-refractivity contribution < 1.29 is 13.2 Å². The predicted octanol–water partition coefficient (Wildman–Crippen LogP) is 5.69. The number of benzene rings is 3. The van der Waals surface area contributed by atoms with Gasteiger partial charge in [0.1, 0.15) is 0 Å². The molecule has 0 radical (unpaired) electrons. The lowest BCUT2D eigenvalue weighted by molar-refractivity contribution is 0.104. The number of anilines is 1. The minimum Gasteiger partial charge on any atom is -0.289 e. The number of sulfonamides is 1. The summed E-state index contributed by atoms with van der Waals surface area (Å²) in [6.45, 7) is 0. The Morgan fingerprint density at radius 3 is 2.32 bits per heavy atom. The summed E-state index contributed by atoms with van der Waals surface area (Å²) in [5.74, 6) is -0.331. The van der Waals surface area contributed by atoms with Crippen molar-refractivity contribution in [1.82, 2.24) is 0 Å². The number of carbonyl (C=O) groups is 1. The first-order valence-electron chi connectivity index (χ1n) is 8.20. The quantitative estimate of drug-likeness (QED) is 0.402. The lowest BCUT2D eigenvalue weighted by Crippen LogP contribution is -2.13. The van der Waals surface area contributed by atoms with Crippen molar-refractivity contribution in [2.24, 2.45) is 0 Å². The summed E-state index contributed by atoms with van der Waals surface area (Å²) in [4.78, 5) is 12.5. The van der Waals surface area contributed by atoms with E-state index in [-0.39, 0.29) is 16.2 Å². The van der Waals surface area contributed by atoms with Crippen molar-refractivity contribution in [1.29, 1.82) is 0 Å². The average molecular weight is 432 g/mol. The lowest BCUT2D eigenvalue weighted by Gasteiger charge is -2.08. The van der Waals surface area contributed by atoms with Gasteiger partial charge in [-0.2, -0.15) is 0 Å². The Bertz CT molecular complexity index is 1140. The lowest BCUT2D eigenvalue weighted by atomic mass is 10.1. The van der Waals surface area contributed by atoms with Gasteiger partial charge in [0.25, 0.3) is 10.0 Å². The van der Waals surface area contributed by atoms with E-state index >= 15 is 0 Å². The third-order valence-corrected chi connectivity index (χ3v) is 5.94. The molecule has 0 aliphatic heterocycles. The van der Waals surface area contributed by atoms with Crippen molar-refractivity contribution in [2.45, 2.75) is 4.90 Å². The van der Waals surface area contributed by atoms with Crippen LogP contribution in [0, 0.1) is 0 Å². The van der Waals surface area contributed by atoms with Gasteiger partial charge >= 0.3 is 0 Å². The van der Waals surface area contributed by atoms with E-state index in [9.17, 15) is 13.2 Å². The maximum Gasteiger partial charge on any atom is 0.261 e. The van der Waals surface area contributed by atoms with Crippen LogP contribution in [0.25, 0.3) is 6.08 Å². The van der Waals surface area contributed by atoms with E-state index in [1.54, 1.807) is 60.7 Å². The first-order valence-corrected chi connectivity index (χ1v) is 10.4. The molecule has 0 atom stereocenters. The Hall–Kier alpha value is -2.60. The van der Waals surface area contributed by atoms with Crippen molar-refractivity contribution in [3.05, 3.63) is 100 Å². The highest BCUT2D eigenvalue weighted by Gasteiger charge is 2.15. The topological polar surface area (TPSA) is 63.2 Å². The Balaban J connectivity index is 1.81. The normalized spacial score (nSPS) is 11.5. The van der Waals surface area contributed by atoms with Crippen molar-refractivity contribution >= 4 is 50.8 Å². The molecule has 142 valence electrons. The summed E-state index contributed by atoms with van der Waals surface area (Å²) in [6.07, 6.45) is 2.95. The fourth-order valence-corrected chi connectivity index (χ4v) is 3.83. The summed E-state index contributed by atoms with van der Waals surface area (Å²) < 4.78 is 27.6. The molecule has 0 bridgehead atoms. The first-order chi connectivity index (χ1) is 13.3. The summed E-state index contributed by atoms with van der Waals surface area (Å²) in [5, 5.41) is 0.810. The molecule has 0 aromatic heterocycles. The molecule has 4 nitrogen and oxygen atoms in total. The average Bonchev–Trinajstić information content (AvgIpc) is 2.69. The van der Waals surface area contributed by atoms with Crippen LogP contribution in [-0.2, 0) is 10.0 Å². The second-order valence-electron chi connectivity index (χ2n) is 5.87. The fourth-order valence-electron chi connectivity index (χ4n) is 2.42. The molecule has 0 saturated carbocycles. The van der Waals surface area contributed by atoms with E-state index in [4.69, 9.17) is 23.2 Å². The van der Waals surface area contributed by atoms with Crippen LogP contribution in [0.3, 0.4) is 0 Å². The van der Waals surface area contributed by atoms with Crippen LogP contribution < -0.4 is 4.72 Å². The van der Waals surface area contributed by atoms with Crippen LogP contribution in [0.15, 0.2) is 83.8 Å². The molecule has 1 N–H and O–H groups in total. The van der Waals surface area contributed by atoms with E-state index in [1.165, 1.54) is 24.3 Å². The second kappa shape index (κ2) is 8.61. The summed E-state index contributed by atoms with van der Waals surface area (Å²) >= 11 is 11.8. The molecule has 0 unspecified atom stereocenters. The third-order valence-electron chi connectivity index (χ3n) is 3.83. The number of hydrogen-bond acceptors (Lipinski definition) is 3. The fraction of sp³-hybridized carbons (Fsp3) is 0. The number of ketones is 1. The SMILES string of the molecule is O=C(/C=C/c1ccc(Cl)c(Cl)c1)c1cccc(S(=O)(=O)Nc2ccccc2)c1. The molecular weight excluding hydrogens is 417 g/mol. The van der Waals surface area contributed by atoms with Crippen LogP contribution in [0.1, 0.15) is 15.9 Å². The van der Waals surface area contributed by atoms with E-state index in [0.717, 1.165) is 0 Å². The number of para-hydroxylation sites is 1. The van der Waals surface area contributed by atoms with Gasteiger partial charge in [-0.25, -0.2) is 8.42 Å². The van der Waals surface area contributed by atoms with Gasteiger partial charge in [0.2, 0.25) is 0 Å². The van der Waals surface area contributed by atoms with Gasteiger partial charge in [-0.3, -0.25) is 9.52 Å². The van der Waals surface area contributed by atoms with Gasteiger partial charge in [-0.05, 0) is 48.0 Å². The molecule has 7 heteroatoms. The third kappa shape index (κ3) is 5.01. The number of hydrogen-bond donors (Lipinski definition) is 1. The number of halogens is 2. The highest BCUT2D eigenvalue weighted by molar-refractivity contribution is 7.92. The highest BCUT2D eigenvalue weighted by Crippen LogP contribution is 2.23. The molecule has 3 rings (SSSR count). The minimum absolute atomic E-state index is 0.00476. The van der Waals surface area contributed by atoms with E-state index in [1.807, 2.05) is 0 Å². The monoisotopic (exact) mass is 431 g/mol. The van der Waals surface area contributed by atoms with Crippen molar-refractivity contribution in [3.63, 3.8) is 0 Å². The summed E-state index contributed by atoms with van der Waals surface area (Å²) in [7, 11) is -3.81. The Morgan fingerprint density at radius 1 is 0.857 bits per heavy atom. The molecule has 3 aromatic carbocycles. The molecule has 0 amide bonds. The van der Waals surface area contributed by atoms with Gasteiger partial charge in [-0.15, -0.1) is 0 Å². The summed E-state index contributed by atoms with van der Waals surface area (Å²) in [6, 6.07) is 19.4. The molecular formula is C21H15Cl2NO3S. The van der Waals surface area contributed by atoms with Gasteiger partial charge in [0.15, 0.2) is 5.78 Å². The largest absolute Gasteiger partial charge is 0.289 e. The Kier molecular flexibility index (Phi) is 6.19. The summed E-state index contributed by atoms with van der Waals surface area (Å²) in [5.41, 5.74) is 1.41. The van der Waals surface area contributed by atoms with Crippen LogP contribution >= 0.6 is 23.2 Å². The Labute approximate surface area is 173 Å². The zero-order valence-electron chi connectivity index (χ0n) is 14.5. The highest BCUT2D eigenvalue weighted by atomic mass is 35.5. The standard InChI is InChI=1S/C21H15Cl2NO3S/c22-19-11-9-15(13-20(19)23)10-12-21(25)16-5-4-8-18(14-16)28(26,27)24-17-6-2-1-3-7-17/h1-14,24H/b12-10+. The molecule has 0 aliphatic rings. The van der Waals surface area contributed by atoms with Gasteiger partial charge in [-0.1, -0.05) is 65.7 Å². The van der Waals surface area contributed by atoms with Gasteiger partial charge < -0.3 is 0 Å². The van der Waals surface area contributed by atoms with Crippen LogP contribution in [-0.4, -0.2) is 14.2 Å². The van der Waals surface area contributed by atoms with Crippen LogP contribution in [0.2, 0.25) is 10.0 Å². The zero-order valence-corrected chi connectivity index (χ0v) is 16.8. The van der Waals surface area contributed by atoms with E-state index in [0.29, 0.717) is 21.3 Å². The number of nitrogens with one attached hydrogen (secondary N) is 1. The molecule has 0 saturated heterocycles. The molecule has 0 fully saturated rings. The van der Waals surface area contributed by atoms with Crippen LogP contribution in [0.5, 0.6) is 0 Å². The molecule has 28 heavy (non-hydrogen) atoms. The number of carbonyl (C=O) groups excluding carboxylic acids is 1. The zero-order chi connectivity index (χ0) is 20.1. The molecule has 0 aliphatic carbocycles. The number of rotatable bonds is 6. The van der Waals surface area contributed by atoms with Gasteiger partial charge in [0, 0.05) is 11.3 Å². The predicted molar refractivity (Wildman–Crippen MR) is 114 cm³/mol. The van der Waals surface area contributed by atoms with Crippen molar-refractivity contribution in [3.8, 4) is 0 Å². The second-order valence-corrected chi connectivity index (χ2v) is 8.37. The maximum atomic E-state index is 12.6. The van der Waals surface area contributed by atoms with Crippen LogP contribution in [0.4, 0.5) is 5.69 Å². The molecule has 3 aromatic rings.